The van der Waals surface area contributed by atoms with Gasteiger partial charge in [0.1, 0.15) is 17.3 Å². The van der Waals surface area contributed by atoms with Gasteiger partial charge in [0, 0.05) is 24.6 Å². The number of ether oxygens (including phenoxy) is 1. The van der Waals surface area contributed by atoms with E-state index in [-0.39, 0.29) is 0 Å². The van der Waals surface area contributed by atoms with Crippen LogP contribution in [0, 0.1) is 0 Å². The maximum Gasteiger partial charge on any atom is 0.158 e. The number of aromatic nitrogens is 2. The van der Waals surface area contributed by atoms with Gasteiger partial charge in [-0.2, -0.15) is 0 Å². The molecule has 3 rings (SSSR count). The summed E-state index contributed by atoms with van der Waals surface area (Å²) in [6, 6.07) is 10.4. The van der Waals surface area contributed by atoms with Crippen LogP contribution in [-0.2, 0) is 11.3 Å². The van der Waals surface area contributed by atoms with E-state index in [0.29, 0.717) is 12.4 Å². The lowest BCUT2D eigenvalue weighted by Crippen LogP contribution is -2.17. The molecule has 25 heavy (non-hydrogen) atoms. The standard InChI is InChI=1S/C19H24N4OS/c1-23(2)11-7-10-20-18-17-15(14-8-5-4-6-9-14)13-25-19(17)22-16(21-18)12-24-3/h4-6,8-9,13H,7,10-12H2,1-3H3,(H,20,21,22). The fourth-order valence-corrected chi connectivity index (χ4v) is 3.71. The minimum absolute atomic E-state index is 0.418. The zero-order valence-corrected chi connectivity index (χ0v) is 15.8. The first kappa shape index (κ1) is 17.8. The zero-order valence-electron chi connectivity index (χ0n) is 15.0. The van der Waals surface area contributed by atoms with Crippen molar-refractivity contribution in [1.82, 2.24) is 14.9 Å². The lowest BCUT2D eigenvalue weighted by Gasteiger charge is -2.12. The van der Waals surface area contributed by atoms with Crippen LogP contribution in [0.2, 0.25) is 0 Å². The number of nitrogens with one attached hydrogen (secondary N) is 1. The number of nitrogens with zero attached hydrogens (tertiary/aromatic N) is 3. The predicted molar refractivity (Wildman–Crippen MR) is 105 cm³/mol. The quantitative estimate of drug-likeness (QED) is 0.621. The molecule has 132 valence electrons. The number of hydrogen-bond donors (Lipinski definition) is 1. The highest BCUT2D eigenvalue weighted by Gasteiger charge is 2.15. The summed E-state index contributed by atoms with van der Waals surface area (Å²) < 4.78 is 5.23. The van der Waals surface area contributed by atoms with E-state index in [1.54, 1.807) is 18.4 Å². The van der Waals surface area contributed by atoms with Gasteiger partial charge in [0.2, 0.25) is 0 Å². The first-order valence-corrected chi connectivity index (χ1v) is 9.28. The van der Waals surface area contributed by atoms with Crippen LogP contribution in [0.4, 0.5) is 5.82 Å². The van der Waals surface area contributed by atoms with Gasteiger partial charge in [0.25, 0.3) is 0 Å². The first-order chi connectivity index (χ1) is 12.2. The Morgan fingerprint density at radius 2 is 1.96 bits per heavy atom. The largest absolute Gasteiger partial charge is 0.377 e. The van der Waals surface area contributed by atoms with Crippen LogP contribution in [-0.4, -0.2) is 49.2 Å². The summed E-state index contributed by atoms with van der Waals surface area (Å²) in [6.45, 7) is 2.34. The molecule has 1 aromatic carbocycles. The molecule has 0 amide bonds. The van der Waals surface area contributed by atoms with Crippen LogP contribution in [0.5, 0.6) is 0 Å². The van der Waals surface area contributed by atoms with Gasteiger partial charge in [-0.1, -0.05) is 30.3 Å². The van der Waals surface area contributed by atoms with Crippen molar-refractivity contribution >= 4 is 27.4 Å². The molecule has 0 bridgehead atoms. The van der Waals surface area contributed by atoms with Crippen molar-refractivity contribution in [3.63, 3.8) is 0 Å². The fraction of sp³-hybridized carbons (Fsp3) is 0.368. The Kier molecular flexibility index (Phi) is 5.96. The molecule has 5 nitrogen and oxygen atoms in total. The van der Waals surface area contributed by atoms with Gasteiger partial charge in [-0.15, -0.1) is 11.3 Å². The van der Waals surface area contributed by atoms with E-state index in [4.69, 9.17) is 9.72 Å². The van der Waals surface area contributed by atoms with E-state index < -0.39 is 0 Å². The molecule has 2 heterocycles. The highest BCUT2D eigenvalue weighted by Crippen LogP contribution is 2.36. The number of anilines is 1. The van der Waals surface area contributed by atoms with E-state index in [9.17, 15) is 0 Å². The molecule has 0 unspecified atom stereocenters. The molecule has 0 fully saturated rings. The van der Waals surface area contributed by atoms with Gasteiger partial charge < -0.3 is 15.0 Å². The van der Waals surface area contributed by atoms with Crippen molar-refractivity contribution in [2.75, 3.05) is 39.6 Å². The normalized spacial score (nSPS) is 11.4. The van der Waals surface area contributed by atoms with Gasteiger partial charge in [0.05, 0.1) is 5.39 Å². The molecular formula is C19H24N4OS. The molecular weight excluding hydrogens is 332 g/mol. The Bertz CT molecular complexity index is 817. The maximum atomic E-state index is 5.23. The van der Waals surface area contributed by atoms with Crippen LogP contribution in [0.15, 0.2) is 35.7 Å². The molecule has 0 atom stereocenters. The van der Waals surface area contributed by atoms with E-state index in [1.165, 1.54) is 11.1 Å². The molecule has 2 aromatic heterocycles. The second-order valence-electron chi connectivity index (χ2n) is 6.20. The summed E-state index contributed by atoms with van der Waals surface area (Å²) in [5.74, 6) is 1.61. The minimum atomic E-state index is 0.418. The Morgan fingerprint density at radius 1 is 1.16 bits per heavy atom. The number of hydrogen-bond acceptors (Lipinski definition) is 6. The molecule has 1 N–H and O–H groups in total. The third-order valence-corrected chi connectivity index (χ3v) is 4.78. The summed E-state index contributed by atoms with van der Waals surface area (Å²) >= 11 is 1.65. The maximum absolute atomic E-state index is 5.23. The highest BCUT2D eigenvalue weighted by atomic mass is 32.1. The molecule has 0 saturated heterocycles. The topological polar surface area (TPSA) is 50.3 Å². The Labute approximate surface area is 152 Å². The number of rotatable bonds is 8. The van der Waals surface area contributed by atoms with Crippen molar-refractivity contribution in [2.45, 2.75) is 13.0 Å². The Hall–Kier alpha value is -2.02. The van der Waals surface area contributed by atoms with E-state index >= 15 is 0 Å². The lowest BCUT2D eigenvalue weighted by atomic mass is 10.1. The van der Waals surface area contributed by atoms with Gasteiger partial charge >= 0.3 is 0 Å². The van der Waals surface area contributed by atoms with Crippen molar-refractivity contribution in [3.05, 3.63) is 41.5 Å². The van der Waals surface area contributed by atoms with Crippen LogP contribution in [0.3, 0.4) is 0 Å². The van der Waals surface area contributed by atoms with Gasteiger partial charge in [-0.3, -0.25) is 0 Å². The molecule has 0 aliphatic carbocycles. The highest BCUT2D eigenvalue weighted by molar-refractivity contribution is 7.17. The summed E-state index contributed by atoms with van der Waals surface area (Å²) in [4.78, 5) is 12.6. The van der Waals surface area contributed by atoms with Crippen molar-refractivity contribution in [3.8, 4) is 11.1 Å². The van der Waals surface area contributed by atoms with Crippen LogP contribution in [0.25, 0.3) is 21.3 Å². The predicted octanol–water partition coefficient (Wildman–Crippen LogP) is 3.87. The number of methoxy groups -OCH3 is 1. The van der Waals surface area contributed by atoms with Gasteiger partial charge in [-0.25, -0.2) is 9.97 Å². The lowest BCUT2D eigenvalue weighted by molar-refractivity contribution is 0.178. The Morgan fingerprint density at radius 3 is 2.68 bits per heavy atom. The van der Waals surface area contributed by atoms with Crippen molar-refractivity contribution in [1.29, 1.82) is 0 Å². The van der Waals surface area contributed by atoms with E-state index in [0.717, 1.165) is 35.5 Å². The molecule has 0 aliphatic heterocycles. The molecule has 6 heteroatoms. The molecule has 3 aromatic rings. The van der Waals surface area contributed by atoms with Crippen molar-refractivity contribution < 1.29 is 4.74 Å². The molecule has 0 radical (unpaired) electrons. The average Bonchev–Trinajstić information content (AvgIpc) is 3.03. The summed E-state index contributed by atoms with van der Waals surface area (Å²) in [7, 11) is 5.85. The van der Waals surface area contributed by atoms with Crippen LogP contribution < -0.4 is 5.32 Å². The summed E-state index contributed by atoms with van der Waals surface area (Å²) in [5, 5.41) is 6.77. The van der Waals surface area contributed by atoms with Crippen LogP contribution in [0.1, 0.15) is 12.2 Å². The van der Waals surface area contributed by atoms with Gasteiger partial charge in [-0.05, 0) is 32.6 Å². The molecule has 0 saturated carbocycles. The average molecular weight is 356 g/mol. The second-order valence-corrected chi connectivity index (χ2v) is 7.06. The van der Waals surface area contributed by atoms with E-state index in [2.05, 4.69) is 58.9 Å². The number of benzene rings is 1. The fourth-order valence-electron chi connectivity index (χ4n) is 2.74. The Balaban J connectivity index is 1.96. The SMILES string of the molecule is COCc1nc(NCCCN(C)C)c2c(-c3ccccc3)csc2n1. The second kappa shape index (κ2) is 8.38. The molecule has 0 spiro atoms. The smallest absolute Gasteiger partial charge is 0.158 e. The first-order valence-electron chi connectivity index (χ1n) is 8.40. The van der Waals surface area contributed by atoms with Crippen molar-refractivity contribution in [2.24, 2.45) is 0 Å². The third-order valence-electron chi connectivity index (χ3n) is 3.91. The summed E-state index contributed by atoms with van der Waals surface area (Å²) in [6.07, 6.45) is 1.06. The van der Waals surface area contributed by atoms with E-state index in [1.807, 2.05) is 6.07 Å². The monoisotopic (exact) mass is 356 g/mol. The van der Waals surface area contributed by atoms with Gasteiger partial charge in [0.15, 0.2) is 5.82 Å². The summed E-state index contributed by atoms with van der Waals surface area (Å²) in [5.41, 5.74) is 2.37. The zero-order chi connectivity index (χ0) is 17.6. The third kappa shape index (κ3) is 4.34. The number of thiophene rings is 1. The van der Waals surface area contributed by atoms with Crippen LogP contribution >= 0.6 is 11.3 Å². The molecule has 0 aliphatic rings. The number of fused-ring (bicyclic) bond motifs is 1. The minimum Gasteiger partial charge on any atom is -0.377 e.